The lowest BCUT2D eigenvalue weighted by molar-refractivity contribution is 0.121. The zero-order valence-electron chi connectivity index (χ0n) is 9.51. The smallest absolute Gasteiger partial charge is 0.140 e. The number of hydrogen-bond acceptors (Lipinski definition) is 4. The van der Waals surface area contributed by atoms with Gasteiger partial charge in [-0.05, 0) is 18.6 Å². The number of nitrogens with zero attached hydrogens (tertiary/aromatic N) is 3. The Morgan fingerprint density at radius 1 is 1.59 bits per heavy atom. The number of alkyl halides is 1. The molecule has 0 radical (unpaired) electrons. The molecular weight excluding hydrogens is 219 g/mol. The zero-order chi connectivity index (χ0) is 12.3. The van der Waals surface area contributed by atoms with E-state index in [9.17, 15) is 4.39 Å². The van der Waals surface area contributed by atoms with Gasteiger partial charge in [-0.2, -0.15) is 5.26 Å². The molecule has 0 unspecified atom stereocenters. The van der Waals surface area contributed by atoms with Crippen LogP contribution in [0.3, 0.4) is 0 Å². The van der Waals surface area contributed by atoms with Gasteiger partial charge >= 0.3 is 0 Å². The van der Waals surface area contributed by atoms with Crippen LogP contribution in [0.25, 0.3) is 0 Å². The second-order valence-electron chi connectivity index (χ2n) is 4.33. The van der Waals surface area contributed by atoms with E-state index in [0.717, 1.165) is 5.69 Å². The molecule has 1 aliphatic heterocycles. The Labute approximate surface area is 99.9 Å². The molecule has 4 nitrogen and oxygen atoms in total. The third kappa shape index (κ3) is 2.99. The molecular formula is C12H15FN4. The van der Waals surface area contributed by atoms with Crippen molar-refractivity contribution in [3.63, 3.8) is 0 Å². The Hall–Kier alpha value is -1.51. The van der Waals surface area contributed by atoms with Crippen LogP contribution in [0, 0.1) is 11.3 Å². The highest BCUT2D eigenvalue weighted by molar-refractivity contribution is 5.22. The minimum atomic E-state index is -0.898. The summed E-state index contributed by atoms with van der Waals surface area (Å²) in [7, 11) is 0. The van der Waals surface area contributed by atoms with Crippen LogP contribution in [0.15, 0.2) is 18.2 Å². The first-order chi connectivity index (χ1) is 8.19. The van der Waals surface area contributed by atoms with Crippen LogP contribution in [-0.2, 0) is 6.54 Å². The summed E-state index contributed by atoms with van der Waals surface area (Å²) in [6.45, 7) is 1.85. The Morgan fingerprint density at radius 3 is 3.12 bits per heavy atom. The van der Waals surface area contributed by atoms with E-state index < -0.39 is 12.2 Å². The van der Waals surface area contributed by atoms with Crippen molar-refractivity contribution in [2.24, 2.45) is 5.73 Å². The monoisotopic (exact) mass is 234 g/mol. The Balaban J connectivity index is 1.99. The van der Waals surface area contributed by atoms with E-state index in [1.165, 1.54) is 0 Å². The molecule has 1 saturated heterocycles. The number of nitriles is 1. The maximum absolute atomic E-state index is 13.2. The van der Waals surface area contributed by atoms with Crippen molar-refractivity contribution < 1.29 is 4.39 Å². The van der Waals surface area contributed by atoms with Gasteiger partial charge in [0.2, 0.25) is 0 Å². The highest BCUT2D eigenvalue weighted by Gasteiger charge is 2.26. The fourth-order valence-corrected chi connectivity index (χ4v) is 2.03. The standard InChI is InChI=1S/C12H15FN4/c13-11-4-5-17(8-12(11)15)7-10-3-1-2-9(6-14)16-10/h1-3,11-12H,4-5,7-8,15H2/t11-,12-/m1/s1. The molecule has 1 fully saturated rings. The maximum atomic E-state index is 13.2. The lowest BCUT2D eigenvalue weighted by Crippen LogP contribution is -2.49. The molecule has 90 valence electrons. The Bertz CT molecular complexity index is 429. The van der Waals surface area contributed by atoms with Gasteiger partial charge in [0.05, 0.1) is 5.69 Å². The van der Waals surface area contributed by atoms with E-state index >= 15 is 0 Å². The molecule has 1 aliphatic rings. The van der Waals surface area contributed by atoms with Crippen molar-refractivity contribution in [1.29, 1.82) is 5.26 Å². The highest BCUT2D eigenvalue weighted by Crippen LogP contribution is 2.14. The summed E-state index contributed by atoms with van der Waals surface area (Å²) in [5, 5.41) is 8.75. The van der Waals surface area contributed by atoms with Gasteiger partial charge in [0.25, 0.3) is 0 Å². The van der Waals surface area contributed by atoms with Gasteiger partial charge < -0.3 is 5.73 Å². The first kappa shape index (κ1) is 12.0. The van der Waals surface area contributed by atoms with Crippen molar-refractivity contribution >= 4 is 0 Å². The van der Waals surface area contributed by atoms with E-state index in [-0.39, 0.29) is 0 Å². The number of likely N-dealkylation sites (tertiary alicyclic amines) is 1. The number of rotatable bonds is 2. The van der Waals surface area contributed by atoms with Crippen LogP contribution in [0.4, 0.5) is 4.39 Å². The summed E-state index contributed by atoms with van der Waals surface area (Å²) in [6, 6.07) is 6.94. The number of aromatic nitrogens is 1. The topological polar surface area (TPSA) is 65.9 Å². The van der Waals surface area contributed by atoms with Gasteiger partial charge in [-0.3, -0.25) is 4.90 Å². The zero-order valence-corrected chi connectivity index (χ0v) is 9.51. The van der Waals surface area contributed by atoms with Crippen LogP contribution >= 0.6 is 0 Å². The summed E-state index contributed by atoms with van der Waals surface area (Å²) in [5.41, 5.74) is 6.93. The molecule has 0 aromatic carbocycles. The number of nitrogens with two attached hydrogens (primary N) is 1. The SMILES string of the molecule is N#Cc1cccc(CN2CC[C@@H](F)[C@H](N)C2)n1. The molecule has 2 rings (SSSR count). The fourth-order valence-electron chi connectivity index (χ4n) is 2.03. The Morgan fingerprint density at radius 2 is 2.41 bits per heavy atom. The minimum Gasteiger partial charge on any atom is -0.324 e. The number of piperidine rings is 1. The summed E-state index contributed by atoms with van der Waals surface area (Å²) in [6.07, 6.45) is -0.427. The largest absolute Gasteiger partial charge is 0.324 e. The van der Waals surface area contributed by atoms with E-state index in [2.05, 4.69) is 9.88 Å². The molecule has 0 aliphatic carbocycles. The predicted octanol–water partition coefficient (Wildman–Crippen LogP) is 0.824. The number of pyridine rings is 1. The minimum absolute atomic E-state index is 0.409. The van der Waals surface area contributed by atoms with Gasteiger partial charge in [-0.15, -0.1) is 0 Å². The van der Waals surface area contributed by atoms with Crippen molar-refractivity contribution in [2.75, 3.05) is 13.1 Å². The second kappa shape index (κ2) is 5.21. The number of hydrogen-bond donors (Lipinski definition) is 1. The molecule has 1 aromatic heterocycles. The summed E-state index contributed by atoms with van der Waals surface area (Å²) in [5.74, 6) is 0. The molecule has 1 aromatic rings. The molecule has 2 heterocycles. The number of halogens is 1. The average molecular weight is 234 g/mol. The van der Waals surface area contributed by atoms with Crippen LogP contribution in [0.1, 0.15) is 17.8 Å². The van der Waals surface area contributed by atoms with Crippen molar-refractivity contribution in [3.05, 3.63) is 29.6 Å². The highest BCUT2D eigenvalue weighted by atomic mass is 19.1. The van der Waals surface area contributed by atoms with Gasteiger partial charge in [-0.1, -0.05) is 6.07 Å². The fraction of sp³-hybridized carbons (Fsp3) is 0.500. The van der Waals surface area contributed by atoms with Crippen LogP contribution in [0.5, 0.6) is 0 Å². The molecule has 17 heavy (non-hydrogen) atoms. The lowest BCUT2D eigenvalue weighted by atomic mass is 10.0. The van der Waals surface area contributed by atoms with Crippen LogP contribution in [0.2, 0.25) is 0 Å². The van der Waals surface area contributed by atoms with E-state index in [1.807, 2.05) is 18.2 Å². The Kier molecular flexibility index (Phi) is 3.67. The first-order valence-electron chi connectivity index (χ1n) is 5.67. The van der Waals surface area contributed by atoms with Gasteiger partial charge in [0, 0.05) is 25.7 Å². The van der Waals surface area contributed by atoms with Crippen LogP contribution < -0.4 is 5.73 Å². The lowest BCUT2D eigenvalue weighted by Gasteiger charge is -2.32. The predicted molar refractivity (Wildman–Crippen MR) is 61.7 cm³/mol. The van der Waals surface area contributed by atoms with Gasteiger partial charge in [0.15, 0.2) is 0 Å². The first-order valence-corrected chi connectivity index (χ1v) is 5.67. The van der Waals surface area contributed by atoms with E-state index in [4.69, 9.17) is 11.0 Å². The normalized spacial score (nSPS) is 25.5. The molecule has 0 amide bonds. The van der Waals surface area contributed by atoms with Gasteiger partial charge in [-0.25, -0.2) is 9.37 Å². The average Bonchev–Trinajstić information content (AvgIpc) is 2.34. The summed E-state index contributed by atoms with van der Waals surface area (Å²) < 4.78 is 13.2. The quantitative estimate of drug-likeness (QED) is 0.823. The molecule has 5 heteroatoms. The van der Waals surface area contributed by atoms with E-state index in [1.54, 1.807) is 6.07 Å². The van der Waals surface area contributed by atoms with Gasteiger partial charge in [0.1, 0.15) is 17.9 Å². The molecule has 2 atom stereocenters. The van der Waals surface area contributed by atoms with Crippen molar-refractivity contribution in [2.45, 2.75) is 25.2 Å². The molecule has 2 N–H and O–H groups in total. The third-order valence-electron chi connectivity index (χ3n) is 2.96. The second-order valence-corrected chi connectivity index (χ2v) is 4.33. The summed E-state index contributed by atoms with van der Waals surface area (Å²) in [4.78, 5) is 6.27. The maximum Gasteiger partial charge on any atom is 0.140 e. The van der Waals surface area contributed by atoms with Crippen molar-refractivity contribution in [1.82, 2.24) is 9.88 Å². The van der Waals surface area contributed by atoms with E-state index in [0.29, 0.717) is 31.7 Å². The molecule has 0 bridgehead atoms. The third-order valence-corrected chi connectivity index (χ3v) is 2.96. The van der Waals surface area contributed by atoms with Crippen LogP contribution in [-0.4, -0.2) is 35.2 Å². The molecule has 0 saturated carbocycles. The molecule has 0 spiro atoms. The summed E-state index contributed by atoms with van der Waals surface area (Å²) >= 11 is 0. The van der Waals surface area contributed by atoms with Crippen molar-refractivity contribution in [3.8, 4) is 6.07 Å².